The van der Waals surface area contributed by atoms with Crippen LogP contribution in [0.3, 0.4) is 0 Å². The van der Waals surface area contributed by atoms with Gasteiger partial charge in [0.1, 0.15) is 0 Å². The van der Waals surface area contributed by atoms with E-state index in [4.69, 9.17) is 11.7 Å². The lowest BCUT2D eigenvalue weighted by molar-refractivity contribution is 0.887. The molecule has 4 aromatic carbocycles. The number of hydrogen-bond donors (Lipinski definition) is 2. The van der Waals surface area contributed by atoms with Crippen molar-refractivity contribution in [3.8, 4) is 11.1 Å². The molecular weight excluding hydrogens is 414 g/mol. The number of hydrazine groups is 1. The van der Waals surface area contributed by atoms with Crippen molar-refractivity contribution >= 4 is 43.2 Å². The highest BCUT2D eigenvalue weighted by Crippen LogP contribution is 2.36. The smallest absolute Gasteiger partial charge is 0.200 e. The highest BCUT2D eigenvalue weighted by molar-refractivity contribution is 7.23. The van der Waals surface area contributed by atoms with Crippen LogP contribution in [-0.4, -0.2) is 17.2 Å². The number of fused-ring (bicyclic) bond motifs is 6. The molecule has 1 heterocycles. The van der Waals surface area contributed by atoms with Crippen LogP contribution in [0.1, 0.15) is 18.1 Å². The van der Waals surface area contributed by atoms with Crippen LogP contribution in [0.15, 0.2) is 90.0 Å². The molecular formula is C26H23N5S. The summed E-state index contributed by atoms with van der Waals surface area (Å²) in [5, 5.41) is 8.93. The van der Waals surface area contributed by atoms with Gasteiger partial charge in [0.25, 0.3) is 0 Å². The Balaban J connectivity index is 0.000000136. The quantitative estimate of drug-likeness (QED) is 0.276. The molecule has 0 radical (unpaired) electrons. The fraction of sp³-hybridized carbons (Fsp3) is 0.0769. The first-order valence-corrected chi connectivity index (χ1v) is 11.3. The predicted octanol–water partition coefficient (Wildman–Crippen LogP) is 5.53. The average Bonchev–Trinajstić information content (AvgIpc) is 3.43. The summed E-state index contributed by atoms with van der Waals surface area (Å²) >= 11 is 1.65. The van der Waals surface area contributed by atoms with E-state index in [9.17, 15) is 0 Å². The summed E-state index contributed by atoms with van der Waals surface area (Å²) in [6, 6.07) is 28.9. The highest BCUT2D eigenvalue weighted by Gasteiger charge is 2.23. The van der Waals surface area contributed by atoms with E-state index in [-0.39, 0.29) is 0 Å². The molecule has 0 aliphatic heterocycles. The summed E-state index contributed by atoms with van der Waals surface area (Å²) in [5.41, 5.74) is 6.60. The van der Waals surface area contributed by atoms with Gasteiger partial charge in [-0.25, -0.2) is 10.8 Å². The minimum atomic E-state index is 0.762. The minimum absolute atomic E-state index is 0.762. The Kier molecular flexibility index (Phi) is 5.31. The molecule has 6 heteroatoms. The van der Waals surface area contributed by atoms with E-state index in [1.807, 2.05) is 31.2 Å². The number of rotatable bonds is 2. The molecule has 5 nitrogen and oxygen atoms in total. The maximum atomic E-state index is 5.88. The van der Waals surface area contributed by atoms with Gasteiger partial charge in [0.15, 0.2) is 0 Å². The van der Waals surface area contributed by atoms with Gasteiger partial charge >= 0.3 is 0 Å². The van der Waals surface area contributed by atoms with Crippen LogP contribution < -0.4 is 16.7 Å². The Morgan fingerprint density at radius 2 is 1.41 bits per heavy atom. The fourth-order valence-electron chi connectivity index (χ4n) is 4.04. The van der Waals surface area contributed by atoms with Crippen LogP contribution >= 0.6 is 11.3 Å². The number of aromatic nitrogens is 1. The summed E-state index contributed by atoms with van der Waals surface area (Å²) in [6.45, 7) is 2.78. The van der Waals surface area contributed by atoms with E-state index in [1.165, 1.54) is 26.6 Å². The normalized spacial score (nSPS) is 11.6. The first-order chi connectivity index (χ1) is 15.7. The maximum Gasteiger partial charge on any atom is 0.200 e. The standard InChI is InChI=1S/C13H13N3S.C13H10N2/c1-2-16(14)13-15-11-8-7-9-5-3-4-6-10(9)12(11)17-13;14-15-13-11-7-3-1-5-9(11)10-6-2-4-8-12(10)13/h3-8H,2,14H2,1H3;1-8H,14H2. The topological polar surface area (TPSA) is 80.5 Å². The lowest BCUT2D eigenvalue weighted by atomic mass is 10.1. The summed E-state index contributed by atoms with van der Waals surface area (Å²) in [5.74, 6) is 11.3. The second-order valence-corrected chi connectivity index (χ2v) is 8.46. The third-order valence-corrected chi connectivity index (χ3v) is 6.78. The van der Waals surface area contributed by atoms with Gasteiger partial charge < -0.3 is 5.84 Å². The van der Waals surface area contributed by atoms with E-state index in [2.05, 4.69) is 70.7 Å². The van der Waals surface area contributed by atoms with Crippen molar-refractivity contribution < 1.29 is 0 Å². The second-order valence-electron chi connectivity index (χ2n) is 7.49. The van der Waals surface area contributed by atoms with Crippen molar-refractivity contribution in [3.63, 3.8) is 0 Å². The molecule has 0 fully saturated rings. The first kappa shape index (κ1) is 20.2. The number of nitrogens with zero attached hydrogens (tertiary/aromatic N) is 3. The molecule has 4 N–H and O–H groups in total. The number of thiazole rings is 1. The zero-order chi connectivity index (χ0) is 22.1. The van der Waals surface area contributed by atoms with Gasteiger partial charge in [-0.3, -0.25) is 5.01 Å². The average molecular weight is 438 g/mol. The van der Waals surface area contributed by atoms with E-state index in [1.54, 1.807) is 16.3 Å². The molecule has 32 heavy (non-hydrogen) atoms. The van der Waals surface area contributed by atoms with E-state index in [0.717, 1.165) is 34.0 Å². The largest absolute Gasteiger partial charge is 0.323 e. The van der Waals surface area contributed by atoms with Crippen molar-refractivity contribution in [1.82, 2.24) is 4.98 Å². The van der Waals surface area contributed by atoms with Crippen molar-refractivity contribution in [2.24, 2.45) is 16.8 Å². The van der Waals surface area contributed by atoms with Crippen LogP contribution in [0.25, 0.3) is 32.1 Å². The van der Waals surface area contributed by atoms with Gasteiger partial charge in [0.05, 0.1) is 15.9 Å². The number of anilines is 1. The summed E-state index contributed by atoms with van der Waals surface area (Å²) in [6.07, 6.45) is 0. The molecule has 158 valence electrons. The summed E-state index contributed by atoms with van der Waals surface area (Å²) in [7, 11) is 0. The molecule has 0 amide bonds. The van der Waals surface area contributed by atoms with Crippen LogP contribution in [0.2, 0.25) is 0 Å². The van der Waals surface area contributed by atoms with Crippen LogP contribution in [-0.2, 0) is 0 Å². The van der Waals surface area contributed by atoms with Crippen molar-refractivity contribution in [2.45, 2.75) is 6.92 Å². The Labute approximate surface area is 190 Å². The van der Waals surface area contributed by atoms with Gasteiger partial charge in [0.2, 0.25) is 5.13 Å². The molecule has 0 saturated carbocycles. The summed E-state index contributed by atoms with van der Waals surface area (Å²) < 4.78 is 1.21. The zero-order valence-corrected chi connectivity index (χ0v) is 18.5. The molecule has 5 aromatic rings. The van der Waals surface area contributed by atoms with Crippen molar-refractivity contribution in [3.05, 3.63) is 96.1 Å². The van der Waals surface area contributed by atoms with Gasteiger partial charge in [-0.1, -0.05) is 90.2 Å². The molecule has 0 spiro atoms. The molecule has 1 aromatic heterocycles. The van der Waals surface area contributed by atoms with Crippen LogP contribution in [0, 0.1) is 0 Å². The fourth-order valence-corrected chi connectivity index (χ4v) is 5.12. The van der Waals surface area contributed by atoms with Gasteiger partial charge in [-0.05, 0) is 29.5 Å². The predicted molar refractivity (Wildman–Crippen MR) is 136 cm³/mol. The summed E-state index contributed by atoms with van der Waals surface area (Å²) in [4.78, 5) is 4.55. The van der Waals surface area contributed by atoms with Crippen molar-refractivity contribution in [1.29, 1.82) is 0 Å². The third kappa shape index (κ3) is 3.39. The number of hydrogen-bond acceptors (Lipinski definition) is 6. The van der Waals surface area contributed by atoms with Crippen molar-refractivity contribution in [2.75, 3.05) is 11.6 Å². The van der Waals surface area contributed by atoms with Gasteiger partial charge in [-0.2, -0.15) is 5.10 Å². The van der Waals surface area contributed by atoms with Crippen LogP contribution in [0.5, 0.6) is 0 Å². The maximum absolute atomic E-state index is 5.88. The lowest BCUT2D eigenvalue weighted by Crippen LogP contribution is -2.29. The Hall–Kier alpha value is -3.74. The highest BCUT2D eigenvalue weighted by atomic mass is 32.1. The number of hydrazone groups is 1. The molecule has 6 rings (SSSR count). The molecule has 0 saturated heterocycles. The van der Waals surface area contributed by atoms with Gasteiger partial charge in [0, 0.05) is 23.1 Å². The molecule has 0 bridgehead atoms. The Morgan fingerprint density at radius 1 is 0.812 bits per heavy atom. The molecule has 0 atom stereocenters. The molecule has 1 aliphatic rings. The van der Waals surface area contributed by atoms with E-state index in [0.29, 0.717) is 0 Å². The zero-order valence-electron chi connectivity index (χ0n) is 17.7. The lowest BCUT2D eigenvalue weighted by Gasteiger charge is -2.10. The van der Waals surface area contributed by atoms with Crippen LogP contribution in [0.4, 0.5) is 5.13 Å². The monoisotopic (exact) mass is 437 g/mol. The Bertz CT molecular complexity index is 1410. The molecule has 1 aliphatic carbocycles. The SMILES string of the molecule is CCN(N)c1nc2ccc3ccccc3c2s1.NN=C1c2ccccc2-c2ccccc21. The molecule has 0 unspecified atom stereocenters. The first-order valence-electron chi connectivity index (χ1n) is 10.5. The minimum Gasteiger partial charge on any atom is -0.323 e. The second kappa shape index (κ2) is 8.42. The van der Waals surface area contributed by atoms with Gasteiger partial charge in [-0.15, -0.1) is 0 Å². The van der Waals surface area contributed by atoms with E-state index >= 15 is 0 Å². The third-order valence-electron chi connectivity index (χ3n) is 5.64. The number of nitrogens with two attached hydrogens (primary N) is 2. The number of benzene rings is 4. The van der Waals surface area contributed by atoms with E-state index < -0.39 is 0 Å². The Morgan fingerprint density at radius 3 is 2.03 bits per heavy atom.